The van der Waals surface area contributed by atoms with Crippen LogP contribution in [0.25, 0.3) is 0 Å². The summed E-state index contributed by atoms with van der Waals surface area (Å²) < 4.78 is 0. The average molecular weight is 131 g/mol. The van der Waals surface area contributed by atoms with Crippen molar-refractivity contribution < 1.29 is 34.7 Å². The number of hydrogen-bond donors (Lipinski definition) is 1. The minimum absolute atomic E-state index is 0. The minimum Gasteiger partial charge on any atom is -0.508 e. The smallest absolute Gasteiger partial charge is 0.508 e. The van der Waals surface area contributed by atoms with Gasteiger partial charge in [-0.05, 0) is 24.6 Å². The van der Waals surface area contributed by atoms with E-state index in [9.17, 15) is 0 Å². The summed E-state index contributed by atoms with van der Waals surface area (Å²) in [6.45, 7) is 1.94. The van der Waals surface area contributed by atoms with Crippen molar-refractivity contribution in [3.8, 4) is 5.75 Å². The van der Waals surface area contributed by atoms with Crippen LogP contribution in [0, 0.1) is 6.92 Å². The van der Waals surface area contributed by atoms with Crippen molar-refractivity contribution in [1.29, 1.82) is 0 Å². The molecule has 1 aromatic carbocycles. The molecular weight excluding hydrogens is 123 g/mol. The zero-order valence-electron chi connectivity index (χ0n) is 5.76. The maximum Gasteiger partial charge on any atom is 1.00 e. The van der Waals surface area contributed by atoms with Crippen molar-refractivity contribution >= 4 is 0 Å². The zero-order valence-corrected chi connectivity index (χ0v) is 7.76. The van der Waals surface area contributed by atoms with Gasteiger partial charge in [-0.25, -0.2) is 0 Å². The van der Waals surface area contributed by atoms with Crippen LogP contribution in [-0.2, 0) is 0 Å². The molecule has 0 aliphatic carbocycles. The molecule has 0 radical (unpaired) electrons. The van der Waals surface area contributed by atoms with Gasteiger partial charge in [0, 0.05) is 0 Å². The van der Waals surface area contributed by atoms with Gasteiger partial charge in [0.05, 0.1) is 0 Å². The second-order valence-electron chi connectivity index (χ2n) is 1.84. The van der Waals surface area contributed by atoms with E-state index in [4.69, 9.17) is 5.11 Å². The summed E-state index contributed by atoms with van der Waals surface area (Å²) in [7, 11) is 0. The van der Waals surface area contributed by atoms with E-state index < -0.39 is 0 Å². The summed E-state index contributed by atoms with van der Waals surface area (Å²) >= 11 is 0. The molecule has 0 saturated carbocycles. The fraction of sp³-hybridized carbons (Fsp3) is 0.143. The van der Waals surface area contributed by atoms with Gasteiger partial charge in [-0.1, -0.05) is 12.1 Å². The topological polar surface area (TPSA) is 20.2 Å². The third kappa shape index (κ3) is 2.89. The van der Waals surface area contributed by atoms with E-state index in [2.05, 4.69) is 0 Å². The number of phenolic OH excluding ortho intramolecular Hbond substituents is 1. The Kier molecular flexibility index (Phi) is 3.95. The fourth-order valence-corrected chi connectivity index (χ4v) is 0.628. The van der Waals surface area contributed by atoms with Gasteiger partial charge in [0.1, 0.15) is 5.75 Å². The Hall–Kier alpha value is 0.0200. The van der Waals surface area contributed by atoms with Gasteiger partial charge in [-0.3, -0.25) is 0 Å². The molecule has 0 spiro atoms. The monoisotopic (exact) mass is 131 g/mol. The van der Waals surface area contributed by atoms with Gasteiger partial charge in [0.2, 0.25) is 0 Å². The Balaban J connectivity index is 0.000000640. The van der Waals surface area contributed by atoms with E-state index in [0.29, 0.717) is 5.75 Å². The number of benzene rings is 1. The van der Waals surface area contributed by atoms with Gasteiger partial charge in [0.25, 0.3) is 0 Å². The van der Waals surface area contributed by atoms with Crippen LogP contribution >= 0.6 is 0 Å². The molecule has 0 aromatic heterocycles. The zero-order chi connectivity index (χ0) is 5.98. The molecule has 0 unspecified atom stereocenters. The molecule has 1 nitrogen and oxygen atoms in total. The molecule has 0 heterocycles. The molecule has 0 bridgehead atoms. The van der Waals surface area contributed by atoms with Gasteiger partial charge in [0.15, 0.2) is 0 Å². The van der Waals surface area contributed by atoms with E-state index in [1.165, 1.54) is 0 Å². The van der Waals surface area contributed by atoms with Crippen LogP contribution in [0.2, 0.25) is 0 Å². The van der Waals surface area contributed by atoms with Crippen molar-refractivity contribution in [2.45, 2.75) is 6.92 Å². The van der Waals surface area contributed by atoms with E-state index in [0.717, 1.165) is 5.56 Å². The SMILES string of the molecule is Cc1cccc(O)c1.[Na+]. The molecule has 1 rings (SSSR count). The fourth-order valence-electron chi connectivity index (χ4n) is 0.628. The van der Waals surface area contributed by atoms with Crippen LogP contribution in [0.3, 0.4) is 0 Å². The standard InChI is InChI=1S/C7H8O.Na/c1-6-3-2-4-7(8)5-6;/h2-5,8H,1H3;/q;+1. The third-order valence-corrected chi connectivity index (χ3v) is 1.00. The minimum atomic E-state index is 0. The van der Waals surface area contributed by atoms with E-state index in [-0.39, 0.29) is 29.6 Å². The quantitative estimate of drug-likeness (QED) is 0.434. The van der Waals surface area contributed by atoms with E-state index in [1.807, 2.05) is 19.1 Å². The van der Waals surface area contributed by atoms with Crippen LogP contribution in [0.4, 0.5) is 0 Å². The molecule has 9 heavy (non-hydrogen) atoms. The van der Waals surface area contributed by atoms with Crippen molar-refractivity contribution in [2.24, 2.45) is 0 Å². The number of aryl methyl sites for hydroxylation is 1. The maximum atomic E-state index is 8.81. The summed E-state index contributed by atoms with van der Waals surface area (Å²) in [6.07, 6.45) is 0. The molecule has 1 N–H and O–H groups in total. The second-order valence-corrected chi connectivity index (χ2v) is 1.84. The van der Waals surface area contributed by atoms with Gasteiger partial charge >= 0.3 is 29.6 Å². The summed E-state index contributed by atoms with van der Waals surface area (Å²) in [6, 6.07) is 7.15. The normalized spacial score (nSPS) is 8.11. The van der Waals surface area contributed by atoms with Gasteiger partial charge < -0.3 is 5.11 Å². The number of hydrogen-bond acceptors (Lipinski definition) is 1. The van der Waals surface area contributed by atoms with Crippen molar-refractivity contribution in [3.63, 3.8) is 0 Å². The first-order valence-corrected chi connectivity index (χ1v) is 2.54. The maximum absolute atomic E-state index is 8.81. The first-order chi connectivity index (χ1) is 3.79. The summed E-state index contributed by atoms with van der Waals surface area (Å²) in [5, 5.41) is 8.81. The van der Waals surface area contributed by atoms with Crippen molar-refractivity contribution in [3.05, 3.63) is 29.8 Å². The van der Waals surface area contributed by atoms with Crippen LogP contribution in [0.5, 0.6) is 5.75 Å². The van der Waals surface area contributed by atoms with Crippen LogP contribution < -0.4 is 29.6 Å². The van der Waals surface area contributed by atoms with E-state index in [1.54, 1.807) is 12.1 Å². The predicted octanol–water partition coefficient (Wildman–Crippen LogP) is -1.30. The summed E-state index contributed by atoms with van der Waals surface area (Å²) in [5.41, 5.74) is 1.09. The first kappa shape index (κ1) is 9.02. The third-order valence-electron chi connectivity index (χ3n) is 1.00. The Morgan fingerprint density at radius 1 is 1.33 bits per heavy atom. The molecule has 42 valence electrons. The molecule has 2 heteroatoms. The van der Waals surface area contributed by atoms with Crippen molar-refractivity contribution in [1.82, 2.24) is 0 Å². The largest absolute Gasteiger partial charge is 1.00 e. The van der Waals surface area contributed by atoms with Gasteiger partial charge in [-0.15, -0.1) is 0 Å². The van der Waals surface area contributed by atoms with Crippen LogP contribution in [-0.4, -0.2) is 5.11 Å². The van der Waals surface area contributed by atoms with Gasteiger partial charge in [-0.2, -0.15) is 0 Å². The summed E-state index contributed by atoms with van der Waals surface area (Å²) in [4.78, 5) is 0. The van der Waals surface area contributed by atoms with Crippen molar-refractivity contribution in [2.75, 3.05) is 0 Å². The molecule has 0 amide bonds. The number of phenols is 1. The predicted molar refractivity (Wildman–Crippen MR) is 32.8 cm³/mol. The van der Waals surface area contributed by atoms with Crippen LogP contribution in [0.1, 0.15) is 5.56 Å². The Bertz CT molecular complexity index is 169. The molecule has 0 atom stereocenters. The van der Waals surface area contributed by atoms with Crippen LogP contribution in [0.15, 0.2) is 24.3 Å². The number of aromatic hydroxyl groups is 1. The molecule has 0 aliphatic rings. The molecule has 1 aromatic rings. The number of rotatable bonds is 0. The molecule has 0 aliphatic heterocycles. The Labute approximate surface area is 77.0 Å². The van der Waals surface area contributed by atoms with E-state index >= 15 is 0 Å². The second kappa shape index (κ2) is 3.94. The first-order valence-electron chi connectivity index (χ1n) is 2.54. The molecular formula is C7H8NaO+. The summed E-state index contributed by atoms with van der Waals surface area (Å²) in [5.74, 6) is 0.338. The Morgan fingerprint density at radius 3 is 2.33 bits per heavy atom. The molecule has 0 saturated heterocycles. The Morgan fingerprint density at radius 2 is 2.00 bits per heavy atom. The average Bonchev–Trinajstić information content (AvgIpc) is 1.64. The molecule has 0 fully saturated rings.